The smallest absolute Gasteiger partial charge is 0.418 e. The van der Waals surface area contributed by atoms with Gasteiger partial charge in [-0.2, -0.15) is 13.2 Å². The number of rotatable bonds is 2. The number of hydrogen-bond donors (Lipinski definition) is 0. The highest BCUT2D eigenvalue weighted by atomic mass is 35.5. The van der Waals surface area contributed by atoms with Crippen molar-refractivity contribution in [3.63, 3.8) is 0 Å². The van der Waals surface area contributed by atoms with Gasteiger partial charge in [0.2, 0.25) is 0 Å². The summed E-state index contributed by atoms with van der Waals surface area (Å²) >= 11 is 5.68. The first kappa shape index (κ1) is 12.7. The standard InChI is InChI=1S/C12H6ClF3NO/c13-9-2-1-3-10(5-9)18-11-4-8(6-17-7-11)12(14,15)16/h1,3-7H. The molecule has 0 fully saturated rings. The normalized spacial score (nSPS) is 11.3. The first-order valence-electron chi connectivity index (χ1n) is 4.82. The lowest BCUT2D eigenvalue weighted by atomic mass is 10.2. The Hall–Kier alpha value is -1.75. The number of alkyl halides is 3. The summed E-state index contributed by atoms with van der Waals surface area (Å²) in [5.74, 6) is 0.312. The third-order valence-electron chi connectivity index (χ3n) is 2.01. The van der Waals surface area contributed by atoms with Crippen molar-refractivity contribution >= 4 is 11.6 Å². The van der Waals surface area contributed by atoms with Gasteiger partial charge >= 0.3 is 6.18 Å². The molecule has 2 aromatic rings. The van der Waals surface area contributed by atoms with E-state index in [0.29, 0.717) is 10.8 Å². The van der Waals surface area contributed by atoms with E-state index in [9.17, 15) is 13.2 Å². The summed E-state index contributed by atoms with van der Waals surface area (Å²) in [4.78, 5) is 3.48. The molecule has 1 aromatic carbocycles. The van der Waals surface area contributed by atoms with E-state index in [1.807, 2.05) is 0 Å². The number of hydrogen-bond acceptors (Lipinski definition) is 2. The summed E-state index contributed by atoms with van der Waals surface area (Å²) in [5, 5.41) is 0.312. The molecule has 1 aromatic heterocycles. The Morgan fingerprint density at radius 2 is 1.94 bits per heavy atom. The summed E-state index contributed by atoms with van der Waals surface area (Å²) in [6, 6.07) is 8.05. The predicted molar refractivity (Wildman–Crippen MR) is 59.6 cm³/mol. The van der Waals surface area contributed by atoms with Crippen LogP contribution in [-0.4, -0.2) is 4.98 Å². The maximum Gasteiger partial charge on any atom is 0.418 e. The van der Waals surface area contributed by atoms with E-state index >= 15 is 0 Å². The average Bonchev–Trinajstić information content (AvgIpc) is 2.28. The summed E-state index contributed by atoms with van der Waals surface area (Å²) in [6.45, 7) is 0. The van der Waals surface area contributed by atoms with Crippen molar-refractivity contribution < 1.29 is 17.9 Å². The topological polar surface area (TPSA) is 22.1 Å². The minimum atomic E-state index is -4.45. The molecule has 0 saturated carbocycles. The molecule has 2 nitrogen and oxygen atoms in total. The zero-order valence-corrected chi connectivity index (χ0v) is 9.59. The Kier molecular flexibility index (Phi) is 3.43. The maximum absolute atomic E-state index is 12.4. The SMILES string of the molecule is FC(F)(F)c1cncc(Oc2cc[c]c(Cl)c2)c1. The van der Waals surface area contributed by atoms with Crippen molar-refractivity contribution in [2.45, 2.75) is 6.18 Å². The van der Waals surface area contributed by atoms with Crippen molar-refractivity contribution in [2.75, 3.05) is 0 Å². The highest BCUT2D eigenvalue weighted by molar-refractivity contribution is 6.30. The van der Waals surface area contributed by atoms with E-state index in [0.717, 1.165) is 12.3 Å². The monoisotopic (exact) mass is 272 g/mol. The van der Waals surface area contributed by atoms with Gasteiger partial charge in [0.1, 0.15) is 11.5 Å². The van der Waals surface area contributed by atoms with Crippen LogP contribution in [0.3, 0.4) is 0 Å². The number of benzene rings is 1. The van der Waals surface area contributed by atoms with Gasteiger partial charge < -0.3 is 4.74 Å². The lowest BCUT2D eigenvalue weighted by Gasteiger charge is -2.09. The molecule has 0 bridgehead atoms. The van der Waals surface area contributed by atoms with Crippen LogP contribution in [-0.2, 0) is 6.18 Å². The Morgan fingerprint density at radius 3 is 2.61 bits per heavy atom. The molecule has 0 N–H and O–H groups in total. The van der Waals surface area contributed by atoms with Crippen LogP contribution in [0.1, 0.15) is 5.56 Å². The number of aromatic nitrogens is 1. The zero-order valence-electron chi connectivity index (χ0n) is 8.83. The largest absolute Gasteiger partial charge is 0.456 e. The summed E-state index contributed by atoms with van der Waals surface area (Å²) < 4.78 is 42.6. The quantitative estimate of drug-likeness (QED) is 0.811. The van der Waals surface area contributed by atoms with Crippen LogP contribution in [0.15, 0.2) is 36.7 Å². The van der Waals surface area contributed by atoms with E-state index in [4.69, 9.17) is 16.3 Å². The molecular weight excluding hydrogens is 267 g/mol. The van der Waals surface area contributed by atoms with Gasteiger partial charge in [-0.25, -0.2) is 0 Å². The predicted octanol–water partition coefficient (Wildman–Crippen LogP) is 4.35. The van der Waals surface area contributed by atoms with Gasteiger partial charge in [-0.15, -0.1) is 0 Å². The highest BCUT2D eigenvalue weighted by Crippen LogP contribution is 2.32. The fraction of sp³-hybridized carbons (Fsp3) is 0.0833. The number of ether oxygens (including phenoxy) is 1. The van der Waals surface area contributed by atoms with Crippen LogP contribution in [0.5, 0.6) is 11.5 Å². The Labute approximate surface area is 106 Å². The minimum absolute atomic E-state index is 0.00732. The Bertz CT molecular complexity index is 557. The van der Waals surface area contributed by atoms with E-state index in [1.54, 1.807) is 0 Å². The van der Waals surface area contributed by atoms with Crippen LogP contribution in [0, 0.1) is 6.07 Å². The first-order valence-corrected chi connectivity index (χ1v) is 5.20. The van der Waals surface area contributed by atoms with Gasteiger partial charge in [0.25, 0.3) is 0 Å². The molecule has 0 saturated heterocycles. The van der Waals surface area contributed by atoms with Gasteiger partial charge in [0.15, 0.2) is 0 Å². The fourth-order valence-corrected chi connectivity index (χ4v) is 1.42. The molecule has 0 amide bonds. The molecule has 0 atom stereocenters. The zero-order chi connectivity index (χ0) is 13.2. The molecule has 18 heavy (non-hydrogen) atoms. The van der Waals surface area contributed by atoms with Gasteiger partial charge in [-0.1, -0.05) is 11.6 Å². The van der Waals surface area contributed by atoms with Crippen LogP contribution < -0.4 is 4.74 Å². The molecule has 0 unspecified atom stereocenters. The van der Waals surface area contributed by atoms with Crippen molar-refractivity contribution in [1.82, 2.24) is 4.98 Å². The third-order valence-corrected chi connectivity index (χ3v) is 2.23. The Morgan fingerprint density at radius 1 is 1.17 bits per heavy atom. The van der Waals surface area contributed by atoms with Gasteiger partial charge in [0, 0.05) is 18.3 Å². The van der Waals surface area contributed by atoms with Crippen molar-refractivity contribution in [1.29, 1.82) is 0 Å². The van der Waals surface area contributed by atoms with E-state index in [1.165, 1.54) is 24.4 Å². The van der Waals surface area contributed by atoms with Crippen molar-refractivity contribution in [3.8, 4) is 11.5 Å². The highest BCUT2D eigenvalue weighted by Gasteiger charge is 2.31. The van der Waals surface area contributed by atoms with Crippen LogP contribution in [0.25, 0.3) is 0 Å². The van der Waals surface area contributed by atoms with Crippen molar-refractivity contribution in [3.05, 3.63) is 53.3 Å². The Balaban J connectivity index is 2.25. The van der Waals surface area contributed by atoms with E-state index in [2.05, 4.69) is 11.1 Å². The summed E-state index contributed by atoms with van der Waals surface area (Å²) in [5.41, 5.74) is -0.867. The lowest BCUT2D eigenvalue weighted by Crippen LogP contribution is -2.05. The van der Waals surface area contributed by atoms with Crippen molar-refractivity contribution in [2.24, 2.45) is 0 Å². The first-order chi connectivity index (χ1) is 8.45. The van der Waals surface area contributed by atoms with Gasteiger partial charge in [0.05, 0.1) is 16.8 Å². The molecule has 93 valence electrons. The van der Waals surface area contributed by atoms with Crippen LogP contribution in [0.4, 0.5) is 13.2 Å². The third kappa shape index (κ3) is 3.13. The molecule has 0 aliphatic heterocycles. The molecule has 2 rings (SSSR count). The minimum Gasteiger partial charge on any atom is -0.456 e. The number of nitrogens with zero attached hydrogens (tertiary/aromatic N) is 1. The second kappa shape index (κ2) is 4.86. The molecule has 6 heteroatoms. The van der Waals surface area contributed by atoms with E-state index < -0.39 is 11.7 Å². The number of halogens is 4. The average molecular weight is 273 g/mol. The van der Waals surface area contributed by atoms with E-state index in [-0.39, 0.29) is 5.75 Å². The summed E-state index contributed by atoms with van der Waals surface area (Å²) in [7, 11) is 0. The lowest BCUT2D eigenvalue weighted by molar-refractivity contribution is -0.137. The summed E-state index contributed by atoms with van der Waals surface area (Å²) in [6.07, 6.45) is -2.52. The molecule has 0 aliphatic rings. The van der Waals surface area contributed by atoms with Gasteiger partial charge in [-0.05, 0) is 18.2 Å². The van der Waals surface area contributed by atoms with Crippen LogP contribution in [0.2, 0.25) is 5.02 Å². The maximum atomic E-state index is 12.4. The molecule has 1 radical (unpaired) electrons. The number of pyridine rings is 1. The second-order valence-corrected chi connectivity index (χ2v) is 3.79. The molecule has 1 heterocycles. The molecule has 0 spiro atoms. The molecule has 0 aliphatic carbocycles. The fourth-order valence-electron chi connectivity index (χ4n) is 1.25. The second-order valence-electron chi connectivity index (χ2n) is 3.38. The van der Waals surface area contributed by atoms with Gasteiger partial charge in [-0.3, -0.25) is 4.98 Å². The molecular formula is C12H6ClF3NO. The van der Waals surface area contributed by atoms with Crippen LogP contribution >= 0.6 is 11.6 Å².